The van der Waals surface area contributed by atoms with Crippen LogP contribution in [-0.2, 0) is 20.0 Å². The maximum absolute atomic E-state index is 4.58. The third-order valence-electron chi connectivity index (χ3n) is 0. The molecule has 0 radical (unpaired) electrons. The van der Waals surface area contributed by atoms with Crippen molar-refractivity contribution in [2.24, 2.45) is 0 Å². The Balaban J connectivity index is -0.000000000500. The Morgan fingerprint density at radius 3 is 0.714 bits per heavy atom. The normalized spacial score (nSPS) is 1.00. The van der Waals surface area contributed by atoms with E-state index in [0.29, 0.717) is 0 Å². The second kappa shape index (κ2) is 106. The third-order valence-corrected chi connectivity index (χ3v) is 0. The van der Waals surface area contributed by atoms with E-state index in [0.717, 1.165) is 0 Å². The molecule has 8 N–H and O–H groups in total. The van der Waals surface area contributed by atoms with Gasteiger partial charge in [0.1, 0.15) is 0 Å². The zero-order valence-corrected chi connectivity index (χ0v) is 5.60. The van der Waals surface area contributed by atoms with Crippen LogP contribution in [0.2, 0.25) is 0 Å². The second-order valence-electron chi connectivity index (χ2n) is 0. The molecule has 0 rings (SSSR count). The molecule has 7 heteroatoms. The average Bonchev–Trinajstić information content (AvgIpc) is 1.00. The monoisotopic (exact) mass is 328 g/mol. The van der Waals surface area contributed by atoms with Crippen LogP contribution in [0.4, 0.5) is 0 Å². The minimum atomic E-state index is 0. The number of rotatable bonds is 0. The number of hydrogen-bond acceptors (Lipinski definition) is 0. The van der Waals surface area contributed by atoms with Gasteiger partial charge in [0.25, 0.3) is 0 Å². The molecule has 0 aromatic carbocycles. The van der Waals surface area contributed by atoms with Crippen LogP contribution in [0.1, 0.15) is 0 Å². The van der Waals surface area contributed by atoms with Gasteiger partial charge in [0.2, 0.25) is 0 Å². The first-order chi connectivity index (χ1) is 1.00. The number of hydrogen-bond donors (Lipinski definition) is 0. The predicted octanol–water partition coefficient (Wildman–Crippen LogP) is -3.26. The van der Waals surface area contributed by atoms with Crippen molar-refractivity contribution >= 4 is 38.7 Å². The standard InChI is InChI=1S/Au.ClH.Na.4H2O.H/h;1H;;4*1H2;/q+1;;;;;;;/p-1. The van der Waals surface area contributed by atoms with Crippen LogP contribution in [0, 0.1) is 0 Å². The van der Waals surface area contributed by atoms with E-state index in [9.17, 15) is 0 Å². The maximum atomic E-state index is 4.58. The molecule has 0 aliphatic heterocycles. The molecule has 0 bridgehead atoms. The van der Waals surface area contributed by atoms with Crippen LogP contribution in [0.25, 0.3) is 0 Å². The van der Waals surface area contributed by atoms with Crippen molar-refractivity contribution in [3.63, 3.8) is 0 Å². The van der Waals surface area contributed by atoms with E-state index in [1.165, 1.54) is 0 Å². The number of halogens is 1. The van der Waals surface area contributed by atoms with Gasteiger partial charge in [-0.1, -0.05) is 0 Å². The molecular formula is H9AuClNaO4. The summed E-state index contributed by atoms with van der Waals surface area (Å²) in [4.78, 5) is 0. The molecule has 0 atom stereocenters. The summed E-state index contributed by atoms with van der Waals surface area (Å²) in [5.74, 6) is 0. The van der Waals surface area contributed by atoms with E-state index in [2.05, 4.69) is 9.19 Å². The van der Waals surface area contributed by atoms with Gasteiger partial charge in [-0.3, -0.25) is 0 Å². The Labute approximate surface area is 79.9 Å². The molecule has 0 aliphatic rings. The van der Waals surface area contributed by atoms with Crippen LogP contribution in [-0.4, -0.2) is 51.5 Å². The van der Waals surface area contributed by atoms with Crippen molar-refractivity contribution in [2.45, 2.75) is 0 Å². The van der Waals surface area contributed by atoms with Gasteiger partial charge < -0.3 is 21.9 Å². The van der Waals surface area contributed by atoms with E-state index in [-0.39, 0.29) is 51.5 Å². The molecule has 0 heterocycles. The van der Waals surface area contributed by atoms with E-state index in [1.807, 2.05) is 0 Å². The summed E-state index contributed by atoms with van der Waals surface area (Å²) in [5, 5.41) is 0. The summed E-state index contributed by atoms with van der Waals surface area (Å²) in [7, 11) is 4.58. The molecule has 0 amide bonds. The zero-order chi connectivity index (χ0) is 2.00. The summed E-state index contributed by atoms with van der Waals surface area (Å²) in [5.41, 5.74) is 0. The Morgan fingerprint density at radius 2 is 0.714 bits per heavy atom. The van der Waals surface area contributed by atoms with E-state index >= 15 is 0 Å². The van der Waals surface area contributed by atoms with Crippen molar-refractivity contribution in [1.82, 2.24) is 0 Å². The predicted molar refractivity (Wildman–Crippen MR) is 27.5 cm³/mol. The van der Waals surface area contributed by atoms with Gasteiger partial charge in [0, 0.05) is 0 Å². The fourth-order valence-electron chi connectivity index (χ4n) is 0. The van der Waals surface area contributed by atoms with E-state index in [1.54, 1.807) is 20.0 Å². The summed E-state index contributed by atoms with van der Waals surface area (Å²) in [6, 6.07) is 0. The molecule has 0 fully saturated rings. The summed E-state index contributed by atoms with van der Waals surface area (Å²) >= 11 is 1.75. The summed E-state index contributed by atoms with van der Waals surface area (Å²) < 4.78 is 0. The van der Waals surface area contributed by atoms with Crippen molar-refractivity contribution in [3.8, 4) is 0 Å². The van der Waals surface area contributed by atoms with Gasteiger partial charge in [-0.25, -0.2) is 0 Å². The van der Waals surface area contributed by atoms with Gasteiger partial charge in [-0.05, 0) is 0 Å². The SMILES string of the molecule is O.O.O.O.[Cl][Au].[NaH]. The molecule has 0 aromatic rings. The molecular weight excluding hydrogens is 319 g/mol. The van der Waals surface area contributed by atoms with E-state index < -0.39 is 0 Å². The molecule has 0 spiro atoms. The van der Waals surface area contributed by atoms with Crippen molar-refractivity contribution < 1.29 is 41.9 Å². The van der Waals surface area contributed by atoms with Crippen molar-refractivity contribution in [1.29, 1.82) is 0 Å². The Bertz CT molecular complexity index is 11.7. The van der Waals surface area contributed by atoms with Gasteiger partial charge in [0.05, 0.1) is 0 Å². The fraction of sp³-hybridized carbons (Fsp3) is 0. The third kappa shape index (κ3) is 77.5. The van der Waals surface area contributed by atoms with Crippen LogP contribution in [0.15, 0.2) is 0 Å². The van der Waals surface area contributed by atoms with Gasteiger partial charge >= 0.3 is 58.7 Å². The Hall–Kier alpha value is 1.87. The molecule has 0 saturated carbocycles. The van der Waals surface area contributed by atoms with Crippen LogP contribution >= 0.6 is 9.19 Å². The molecule has 0 aromatic heterocycles. The topological polar surface area (TPSA) is 126 Å². The zero-order valence-electron chi connectivity index (χ0n) is 2.68. The molecule has 4 nitrogen and oxygen atoms in total. The first kappa shape index (κ1) is 66.7. The Kier molecular flexibility index (Phi) is 1010. The average molecular weight is 328 g/mol. The van der Waals surface area contributed by atoms with Crippen molar-refractivity contribution in [2.75, 3.05) is 0 Å². The molecule has 0 aliphatic carbocycles. The van der Waals surface area contributed by atoms with Crippen LogP contribution < -0.4 is 0 Å². The summed E-state index contributed by atoms with van der Waals surface area (Å²) in [6.45, 7) is 0. The molecule has 0 saturated heterocycles. The van der Waals surface area contributed by atoms with Gasteiger partial charge in [-0.15, -0.1) is 0 Å². The van der Waals surface area contributed by atoms with Crippen molar-refractivity contribution in [3.05, 3.63) is 0 Å². The van der Waals surface area contributed by atoms with Gasteiger partial charge in [0.15, 0.2) is 0 Å². The summed E-state index contributed by atoms with van der Waals surface area (Å²) in [6.07, 6.45) is 0. The van der Waals surface area contributed by atoms with Gasteiger partial charge in [-0.2, -0.15) is 0 Å². The molecule has 52 valence electrons. The van der Waals surface area contributed by atoms with Crippen LogP contribution in [0.3, 0.4) is 0 Å². The van der Waals surface area contributed by atoms with E-state index in [4.69, 9.17) is 0 Å². The minimum absolute atomic E-state index is 0. The molecule has 0 unspecified atom stereocenters. The first-order valence-corrected chi connectivity index (χ1v) is 2.80. The van der Waals surface area contributed by atoms with Crippen LogP contribution in [0.5, 0.6) is 0 Å². The fourth-order valence-corrected chi connectivity index (χ4v) is 0. The molecule has 7 heavy (non-hydrogen) atoms. The Morgan fingerprint density at radius 1 is 0.714 bits per heavy atom. The second-order valence-corrected chi connectivity index (χ2v) is 0. The first-order valence-electron chi connectivity index (χ1n) is 0.114. The quantitative estimate of drug-likeness (QED) is 0.414.